The Labute approximate surface area is 93.4 Å². The van der Waals surface area contributed by atoms with Crippen molar-refractivity contribution in [1.29, 1.82) is 0 Å². The lowest BCUT2D eigenvalue weighted by molar-refractivity contribution is 0.377. The molecule has 0 spiro atoms. The van der Waals surface area contributed by atoms with Gasteiger partial charge in [0.25, 0.3) is 5.95 Å². The third-order valence-electron chi connectivity index (χ3n) is 1.56. The predicted molar refractivity (Wildman–Crippen MR) is 55.6 cm³/mol. The van der Waals surface area contributed by atoms with Crippen LogP contribution in [0.5, 0.6) is 6.01 Å². The minimum atomic E-state index is 0.0865. The molecule has 7 nitrogen and oxygen atoms in total. The number of rotatable bonds is 2. The summed E-state index contributed by atoms with van der Waals surface area (Å²) in [5, 5.41) is 4.01. The summed E-state index contributed by atoms with van der Waals surface area (Å²) in [6, 6.07) is 0.157. The van der Waals surface area contributed by atoms with Gasteiger partial charge in [0.2, 0.25) is 5.95 Å². The number of halogens is 1. The summed E-state index contributed by atoms with van der Waals surface area (Å²) in [6.07, 6.45) is 3.32. The van der Waals surface area contributed by atoms with E-state index in [-0.39, 0.29) is 12.0 Å². The maximum Gasteiger partial charge on any atom is 0.322 e. The number of hydrogen-bond donors (Lipinski definition) is 1. The summed E-state index contributed by atoms with van der Waals surface area (Å²) < 4.78 is 7.15. The fraction of sp³-hybridized carbons (Fsp3) is 0.143. The van der Waals surface area contributed by atoms with Crippen LogP contribution < -0.4 is 10.5 Å². The first-order chi connectivity index (χ1) is 7.19. The van der Waals surface area contributed by atoms with Gasteiger partial charge in [-0.15, -0.1) is 0 Å². The summed E-state index contributed by atoms with van der Waals surface area (Å²) in [4.78, 5) is 11.7. The molecule has 2 heterocycles. The Morgan fingerprint density at radius 3 is 2.80 bits per heavy atom. The average molecular weight is 271 g/mol. The van der Waals surface area contributed by atoms with Gasteiger partial charge in [-0.05, 0) is 15.9 Å². The van der Waals surface area contributed by atoms with Crippen LogP contribution >= 0.6 is 15.9 Å². The van der Waals surface area contributed by atoms with Gasteiger partial charge in [0.05, 0.1) is 17.8 Å². The predicted octanol–water partition coefficient (Wildman–Crippen LogP) is 0.411. The van der Waals surface area contributed by atoms with Gasteiger partial charge in [0.1, 0.15) is 0 Å². The van der Waals surface area contributed by atoms with Crippen LogP contribution in [0, 0.1) is 0 Å². The van der Waals surface area contributed by atoms with E-state index < -0.39 is 0 Å². The van der Waals surface area contributed by atoms with Crippen molar-refractivity contribution < 1.29 is 4.74 Å². The van der Waals surface area contributed by atoms with Crippen LogP contribution in [0.1, 0.15) is 0 Å². The number of aromatic nitrogens is 5. The highest BCUT2D eigenvalue weighted by molar-refractivity contribution is 9.10. The Kier molecular flexibility index (Phi) is 2.50. The molecule has 0 saturated heterocycles. The van der Waals surface area contributed by atoms with E-state index in [0.717, 1.165) is 4.47 Å². The van der Waals surface area contributed by atoms with Gasteiger partial charge in [-0.1, -0.05) is 0 Å². The summed E-state index contributed by atoms with van der Waals surface area (Å²) in [5.74, 6) is 0.397. The number of nitrogen functional groups attached to an aromatic ring is 1. The third-order valence-corrected chi connectivity index (χ3v) is 1.97. The molecule has 8 heteroatoms. The van der Waals surface area contributed by atoms with Crippen molar-refractivity contribution in [2.75, 3.05) is 12.8 Å². The van der Waals surface area contributed by atoms with Gasteiger partial charge in [-0.2, -0.15) is 20.1 Å². The largest absolute Gasteiger partial charge is 0.467 e. The Hall–Kier alpha value is -1.70. The minimum Gasteiger partial charge on any atom is -0.467 e. The molecule has 78 valence electrons. The fourth-order valence-corrected chi connectivity index (χ4v) is 1.25. The van der Waals surface area contributed by atoms with E-state index in [9.17, 15) is 0 Å². The highest BCUT2D eigenvalue weighted by Gasteiger charge is 2.07. The molecule has 0 aliphatic rings. The molecule has 2 aromatic heterocycles. The lowest BCUT2D eigenvalue weighted by Gasteiger charge is -2.02. The molecule has 0 bridgehead atoms. The van der Waals surface area contributed by atoms with Crippen LogP contribution in [-0.4, -0.2) is 31.8 Å². The molecule has 2 aromatic rings. The highest BCUT2D eigenvalue weighted by atomic mass is 79.9. The molecule has 0 saturated carbocycles. The second kappa shape index (κ2) is 3.81. The smallest absolute Gasteiger partial charge is 0.322 e. The second-order valence-electron chi connectivity index (χ2n) is 2.58. The molecule has 0 aliphatic heterocycles. The van der Waals surface area contributed by atoms with Gasteiger partial charge in [-0.25, -0.2) is 4.68 Å². The summed E-state index contributed by atoms with van der Waals surface area (Å²) >= 11 is 3.27. The molecule has 0 atom stereocenters. The summed E-state index contributed by atoms with van der Waals surface area (Å²) in [5.41, 5.74) is 5.48. The van der Waals surface area contributed by atoms with Crippen LogP contribution in [0.4, 0.5) is 5.95 Å². The van der Waals surface area contributed by atoms with E-state index in [1.54, 1.807) is 12.4 Å². The van der Waals surface area contributed by atoms with Crippen molar-refractivity contribution in [2.24, 2.45) is 0 Å². The second-order valence-corrected chi connectivity index (χ2v) is 3.50. The van der Waals surface area contributed by atoms with E-state index >= 15 is 0 Å². The monoisotopic (exact) mass is 270 g/mol. The molecule has 0 fully saturated rings. The topological polar surface area (TPSA) is 91.7 Å². The molecule has 15 heavy (non-hydrogen) atoms. The number of hydrogen-bond acceptors (Lipinski definition) is 6. The van der Waals surface area contributed by atoms with E-state index in [0.29, 0.717) is 5.95 Å². The quantitative estimate of drug-likeness (QED) is 0.850. The maximum absolute atomic E-state index is 5.48. The molecular weight excluding hydrogens is 264 g/mol. The number of ether oxygens (including phenoxy) is 1. The minimum absolute atomic E-state index is 0.0865. The standard InChI is InChI=1S/C7H7BrN6O/c1-15-7-12-5(9)11-6(13-7)14-3-4(8)2-10-14/h2-3H,1H3,(H2,9,11,12,13). The number of nitrogens with two attached hydrogens (primary N) is 1. The zero-order valence-corrected chi connectivity index (χ0v) is 9.34. The Balaban J connectivity index is 2.48. The van der Waals surface area contributed by atoms with Gasteiger partial charge >= 0.3 is 6.01 Å². The van der Waals surface area contributed by atoms with Crippen LogP contribution in [0.25, 0.3) is 5.95 Å². The first-order valence-electron chi connectivity index (χ1n) is 3.95. The molecular formula is C7H7BrN6O. The van der Waals surface area contributed by atoms with Crippen LogP contribution in [0.3, 0.4) is 0 Å². The fourth-order valence-electron chi connectivity index (χ4n) is 0.965. The molecule has 0 unspecified atom stereocenters. The molecule has 0 aliphatic carbocycles. The van der Waals surface area contributed by atoms with Crippen LogP contribution in [0.2, 0.25) is 0 Å². The first kappa shape index (κ1) is 9.84. The van der Waals surface area contributed by atoms with Gasteiger partial charge in [-0.3, -0.25) is 0 Å². The Bertz CT molecular complexity index is 484. The van der Waals surface area contributed by atoms with Gasteiger partial charge < -0.3 is 10.5 Å². The van der Waals surface area contributed by atoms with Crippen molar-refractivity contribution >= 4 is 21.9 Å². The zero-order chi connectivity index (χ0) is 10.8. The first-order valence-corrected chi connectivity index (χ1v) is 4.74. The molecule has 2 rings (SSSR count). The number of anilines is 1. The molecule has 0 amide bonds. The highest BCUT2D eigenvalue weighted by Crippen LogP contribution is 2.11. The molecule has 0 radical (unpaired) electrons. The lowest BCUT2D eigenvalue weighted by Crippen LogP contribution is -2.07. The summed E-state index contributed by atoms with van der Waals surface area (Å²) in [6.45, 7) is 0. The number of methoxy groups -OCH3 is 1. The van der Waals surface area contributed by atoms with E-state index in [4.69, 9.17) is 10.5 Å². The summed E-state index contributed by atoms with van der Waals surface area (Å²) in [7, 11) is 1.46. The molecule has 2 N–H and O–H groups in total. The third kappa shape index (κ3) is 2.04. The zero-order valence-electron chi connectivity index (χ0n) is 7.75. The maximum atomic E-state index is 5.48. The Morgan fingerprint density at radius 1 is 1.40 bits per heavy atom. The van der Waals surface area contributed by atoms with Crippen LogP contribution in [-0.2, 0) is 0 Å². The SMILES string of the molecule is COc1nc(N)nc(-n2cc(Br)cn2)n1. The molecule has 0 aromatic carbocycles. The van der Waals surface area contributed by atoms with Crippen molar-refractivity contribution in [2.45, 2.75) is 0 Å². The number of nitrogens with zero attached hydrogens (tertiary/aromatic N) is 5. The van der Waals surface area contributed by atoms with Crippen molar-refractivity contribution in [3.05, 3.63) is 16.9 Å². The van der Waals surface area contributed by atoms with Crippen LogP contribution in [0.15, 0.2) is 16.9 Å². The normalized spacial score (nSPS) is 10.3. The van der Waals surface area contributed by atoms with Crippen molar-refractivity contribution in [3.8, 4) is 12.0 Å². The Morgan fingerprint density at radius 2 is 2.20 bits per heavy atom. The van der Waals surface area contributed by atoms with E-state index in [1.165, 1.54) is 11.8 Å². The van der Waals surface area contributed by atoms with Crippen molar-refractivity contribution in [3.63, 3.8) is 0 Å². The van der Waals surface area contributed by atoms with Gasteiger partial charge in [0, 0.05) is 6.20 Å². The van der Waals surface area contributed by atoms with E-state index in [2.05, 4.69) is 36.0 Å². The van der Waals surface area contributed by atoms with E-state index in [1.807, 2.05) is 0 Å². The lowest BCUT2D eigenvalue weighted by atomic mass is 10.7. The van der Waals surface area contributed by atoms with Crippen molar-refractivity contribution in [1.82, 2.24) is 24.7 Å². The average Bonchev–Trinajstić information content (AvgIpc) is 2.64. The van der Waals surface area contributed by atoms with Gasteiger partial charge in [0.15, 0.2) is 0 Å².